The Hall–Kier alpha value is -2.25. The minimum Gasteiger partial charge on any atom is -0.368 e. The maximum Gasteiger partial charge on any atom is 0.239 e. The zero-order valence-corrected chi connectivity index (χ0v) is 15.1. The minimum absolute atomic E-state index is 0.293. The molecule has 1 amide bonds. The van der Waals surface area contributed by atoms with E-state index in [2.05, 4.69) is 27.0 Å². The molecule has 1 aliphatic rings. The van der Waals surface area contributed by atoms with Gasteiger partial charge in [0.1, 0.15) is 17.7 Å². The summed E-state index contributed by atoms with van der Waals surface area (Å²) in [5.41, 5.74) is 6.66. The normalized spacial score (nSPS) is 19.4. The molecule has 0 aliphatic carbocycles. The molecule has 1 fully saturated rings. The molecule has 0 bridgehead atoms. The molecule has 7 nitrogen and oxygen atoms in total. The minimum atomic E-state index is -0.364. The maximum absolute atomic E-state index is 12.0. The first-order valence-electron chi connectivity index (χ1n) is 8.60. The van der Waals surface area contributed by atoms with Crippen LogP contribution >= 0.6 is 0 Å². The number of likely N-dealkylation sites (tertiary alicyclic amines) is 1. The molecular formula is C18H26N6O. The van der Waals surface area contributed by atoms with Crippen LogP contribution in [0.4, 0.5) is 0 Å². The largest absolute Gasteiger partial charge is 0.368 e. The fraction of sp³-hybridized carbons (Fsp3) is 0.500. The first-order valence-corrected chi connectivity index (χ1v) is 8.60. The van der Waals surface area contributed by atoms with Gasteiger partial charge in [0.15, 0.2) is 0 Å². The highest BCUT2D eigenvalue weighted by Gasteiger charge is 2.34. The van der Waals surface area contributed by atoms with Gasteiger partial charge in [-0.3, -0.25) is 14.6 Å². The smallest absolute Gasteiger partial charge is 0.239 e. The summed E-state index contributed by atoms with van der Waals surface area (Å²) in [6, 6.07) is 9.77. The van der Waals surface area contributed by atoms with Crippen LogP contribution in [0.15, 0.2) is 30.3 Å². The van der Waals surface area contributed by atoms with E-state index in [0.29, 0.717) is 6.04 Å². The van der Waals surface area contributed by atoms with Crippen molar-refractivity contribution in [3.05, 3.63) is 47.5 Å². The molecular weight excluding hydrogens is 316 g/mol. The van der Waals surface area contributed by atoms with E-state index >= 15 is 0 Å². The molecule has 7 heteroatoms. The lowest BCUT2D eigenvalue weighted by Gasteiger charge is -2.28. The highest BCUT2D eigenvalue weighted by atomic mass is 16.1. The predicted octanol–water partition coefficient (Wildman–Crippen LogP) is 0.856. The SMILES string of the molecule is Cc1nnc(CN(C)[C@@H]2CCN([C@@H](C(N)=O)c3ccccc3)C2)n1C. The second-order valence-electron chi connectivity index (χ2n) is 6.79. The lowest BCUT2D eigenvalue weighted by molar-refractivity contribution is -0.123. The van der Waals surface area contributed by atoms with Gasteiger partial charge in [-0.2, -0.15) is 0 Å². The average Bonchev–Trinajstić information content (AvgIpc) is 3.18. The maximum atomic E-state index is 12.0. The van der Waals surface area contributed by atoms with E-state index in [1.54, 1.807) is 0 Å². The topological polar surface area (TPSA) is 80.3 Å². The predicted molar refractivity (Wildman–Crippen MR) is 95.6 cm³/mol. The first kappa shape index (κ1) is 17.6. The van der Waals surface area contributed by atoms with E-state index in [9.17, 15) is 4.79 Å². The number of carbonyl (C=O) groups excluding carboxylic acids is 1. The first-order chi connectivity index (χ1) is 12.0. The Labute approximate surface area is 148 Å². The molecule has 1 aromatic heterocycles. The van der Waals surface area contributed by atoms with Crippen LogP contribution < -0.4 is 5.73 Å². The Bertz CT molecular complexity index is 728. The van der Waals surface area contributed by atoms with Gasteiger partial charge in [0.05, 0.1) is 6.54 Å². The number of rotatable bonds is 6. The van der Waals surface area contributed by atoms with Crippen molar-refractivity contribution in [3.63, 3.8) is 0 Å². The summed E-state index contributed by atoms with van der Waals surface area (Å²) in [5.74, 6) is 1.57. The molecule has 2 heterocycles. The summed E-state index contributed by atoms with van der Waals surface area (Å²) in [6.07, 6.45) is 1.00. The van der Waals surface area contributed by atoms with Crippen molar-refractivity contribution in [3.8, 4) is 0 Å². The van der Waals surface area contributed by atoms with Crippen LogP contribution in [0, 0.1) is 6.92 Å². The van der Waals surface area contributed by atoms with Crippen molar-refractivity contribution in [2.24, 2.45) is 12.8 Å². The van der Waals surface area contributed by atoms with Gasteiger partial charge in [-0.25, -0.2) is 0 Å². The third-order valence-corrected chi connectivity index (χ3v) is 5.14. The Kier molecular flexibility index (Phi) is 5.15. The van der Waals surface area contributed by atoms with Crippen LogP contribution in [0.5, 0.6) is 0 Å². The van der Waals surface area contributed by atoms with E-state index in [4.69, 9.17) is 5.73 Å². The van der Waals surface area contributed by atoms with Crippen LogP contribution in [0.25, 0.3) is 0 Å². The summed E-state index contributed by atoms with van der Waals surface area (Å²) in [7, 11) is 4.08. The van der Waals surface area contributed by atoms with E-state index in [-0.39, 0.29) is 11.9 Å². The van der Waals surface area contributed by atoms with Crippen molar-refractivity contribution >= 4 is 5.91 Å². The van der Waals surface area contributed by atoms with Gasteiger partial charge >= 0.3 is 0 Å². The fourth-order valence-corrected chi connectivity index (χ4v) is 3.49. The molecule has 2 atom stereocenters. The number of aromatic nitrogens is 3. The van der Waals surface area contributed by atoms with Crippen molar-refractivity contribution in [2.75, 3.05) is 20.1 Å². The number of nitrogens with zero attached hydrogens (tertiary/aromatic N) is 5. The summed E-state index contributed by atoms with van der Waals surface area (Å²) in [6.45, 7) is 4.36. The molecule has 0 saturated carbocycles. The van der Waals surface area contributed by atoms with Gasteiger partial charge in [0.2, 0.25) is 5.91 Å². The standard InChI is InChI=1S/C18H26N6O/c1-13-20-21-16(23(13)3)12-22(2)15-9-10-24(11-15)17(18(19)25)14-7-5-4-6-8-14/h4-8,15,17H,9-12H2,1-3H3,(H2,19,25)/t15-,17-/m1/s1. The van der Waals surface area contributed by atoms with Gasteiger partial charge in [-0.15, -0.1) is 10.2 Å². The van der Waals surface area contributed by atoms with Gasteiger partial charge in [0, 0.05) is 26.2 Å². The van der Waals surface area contributed by atoms with Crippen LogP contribution in [0.2, 0.25) is 0 Å². The highest BCUT2D eigenvalue weighted by Crippen LogP contribution is 2.27. The zero-order valence-electron chi connectivity index (χ0n) is 15.1. The fourth-order valence-electron chi connectivity index (χ4n) is 3.49. The number of aryl methyl sites for hydroxylation is 1. The Morgan fingerprint density at radius 2 is 2.08 bits per heavy atom. The Balaban J connectivity index is 1.67. The number of carbonyl (C=O) groups is 1. The number of hydrogen-bond donors (Lipinski definition) is 1. The monoisotopic (exact) mass is 342 g/mol. The van der Waals surface area contributed by atoms with Crippen LogP contribution in [-0.4, -0.2) is 56.7 Å². The molecule has 0 unspecified atom stereocenters. The third kappa shape index (κ3) is 3.72. The highest BCUT2D eigenvalue weighted by molar-refractivity contribution is 5.81. The number of benzene rings is 1. The van der Waals surface area contributed by atoms with Crippen LogP contribution in [-0.2, 0) is 18.4 Å². The van der Waals surface area contributed by atoms with E-state index < -0.39 is 0 Å². The molecule has 25 heavy (non-hydrogen) atoms. The Morgan fingerprint density at radius 3 is 2.68 bits per heavy atom. The van der Waals surface area contributed by atoms with E-state index in [1.165, 1.54) is 0 Å². The molecule has 1 aliphatic heterocycles. The number of hydrogen-bond acceptors (Lipinski definition) is 5. The zero-order chi connectivity index (χ0) is 18.0. The number of primary amides is 1. The molecule has 1 aromatic carbocycles. The van der Waals surface area contributed by atoms with Crippen molar-refractivity contribution in [2.45, 2.75) is 32.0 Å². The van der Waals surface area contributed by atoms with E-state index in [0.717, 1.165) is 43.3 Å². The van der Waals surface area contributed by atoms with Crippen LogP contribution in [0.1, 0.15) is 29.7 Å². The summed E-state index contributed by atoms with van der Waals surface area (Å²) >= 11 is 0. The van der Waals surface area contributed by atoms with Gasteiger partial charge in [-0.1, -0.05) is 30.3 Å². The van der Waals surface area contributed by atoms with Gasteiger partial charge in [0.25, 0.3) is 0 Å². The van der Waals surface area contributed by atoms with Crippen molar-refractivity contribution < 1.29 is 4.79 Å². The molecule has 134 valence electrons. The van der Waals surface area contributed by atoms with Crippen molar-refractivity contribution in [1.82, 2.24) is 24.6 Å². The summed E-state index contributed by atoms with van der Waals surface area (Å²) in [4.78, 5) is 16.5. The lowest BCUT2D eigenvalue weighted by atomic mass is 10.1. The lowest BCUT2D eigenvalue weighted by Crippen LogP contribution is -2.39. The van der Waals surface area contributed by atoms with Crippen LogP contribution in [0.3, 0.4) is 0 Å². The second kappa shape index (κ2) is 7.33. The summed E-state index contributed by atoms with van der Waals surface area (Å²) in [5, 5.41) is 8.36. The van der Waals surface area contributed by atoms with Crippen molar-refractivity contribution in [1.29, 1.82) is 0 Å². The summed E-state index contributed by atoms with van der Waals surface area (Å²) < 4.78 is 2.01. The Morgan fingerprint density at radius 1 is 1.36 bits per heavy atom. The molecule has 3 rings (SSSR count). The van der Waals surface area contributed by atoms with E-state index in [1.807, 2.05) is 48.9 Å². The van der Waals surface area contributed by atoms with Gasteiger partial charge < -0.3 is 10.3 Å². The molecule has 2 N–H and O–H groups in total. The number of nitrogens with two attached hydrogens (primary N) is 1. The molecule has 2 aromatic rings. The third-order valence-electron chi connectivity index (χ3n) is 5.14. The average molecular weight is 342 g/mol. The number of likely N-dealkylation sites (N-methyl/N-ethyl adjacent to an activating group) is 1. The molecule has 0 radical (unpaired) electrons. The molecule has 0 spiro atoms. The van der Waals surface area contributed by atoms with Gasteiger partial charge in [-0.05, 0) is 26.0 Å². The number of amides is 1. The second-order valence-corrected chi connectivity index (χ2v) is 6.79. The quantitative estimate of drug-likeness (QED) is 0.842. The molecule has 1 saturated heterocycles.